The van der Waals surface area contributed by atoms with Crippen molar-refractivity contribution in [1.82, 2.24) is 5.32 Å². The molecule has 0 saturated heterocycles. The molecule has 0 bridgehead atoms. The second-order valence-electron chi connectivity index (χ2n) is 3.86. The van der Waals surface area contributed by atoms with Crippen molar-refractivity contribution in [3.05, 3.63) is 12.2 Å². The van der Waals surface area contributed by atoms with E-state index in [0.29, 0.717) is 6.67 Å². The number of rotatable bonds is 5. The van der Waals surface area contributed by atoms with Gasteiger partial charge in [0.05, 0.1) is 20.6 Å². The minimum atomic E-state index is -0.00944. The van der Waals surface area contributed by atoms with Crippen LogP contribution in [0, 0.1) is 0 Å². The number of nitrogens with one attached hydrogen (secondary N) is 1. The summed E-state index contributed by atoms with van der Waals surface area (Å²) in [6, 6.07) is 0. The molecule has 0 aliphatic carbocycles. The molecule has 4 heteroatoms. The maximum absolute atomic E-state index is 11.1. The normalized spacial score (nSPS) is 11.1. The summed E-state index contributed by atoms with van der Waals surface area (Å²) in [6.07, 6.45) is 4.42. The summed E-state index contributed by atoms with van der Waals surface area (Å²) in [7, 11) is 4.22. The monoisotopic (exact) mass is 220 g/mol. The van der Waals surface area contributed by atoms with Gasteiger partial charge in [-0.3, -0.25) is 4.79 Å². The van der Waals surface area contributed by atoms with Gasteiger partial charge in [-0.2, -0.15) is 0 Å². The Hall–Kier alpha value is -0.540. The van der Waals surface area contributed by atoms with E-state index < -0.39 is 0 Å². The highest BCUT2D eigenvalue weighted by molar-refractivity contribution is 5.87. The molecule has 0 aromatic heterocycles. The zero-order valence-electron chi connectivity index (χ0n) is 9.51. The summed E-state index contributed by atoms with van der Waals surface area (Å²) in [5, 5.41) is 2.86. The lowest BCUT2D eigenvalue weighted by molar-refractivity contribution is -0.892. The molecule has 0 radical (unpaired) electrons. The second kappa shape index (κ2) is 7.83. The van der Waals surface area contributed by atoms with E-state index in [1.807, 2.05) is 6.92 Å². The first-order chi connectivity index (χ1) is 6.02. The molecule has 1 amide bonds. The van der Waals surface area contributed by atoms with Crippen LogP contribution in [-0.2, 0) is 4.79 Å². The lowest BCUT2D eigenvalue weighted by Gasteiger charge is -2.28. The Morgan fingerprint density at radius 2 is 2.00 bits per heavy atom. The molecule has 0 aromatic rings. The van der Waals surface area contributed by atoms with Crippen molar-refractivity contribution in [3.8, 4) is 0 Å². The van der Waals surface area contributed by atoms with E-state index in [9.17, 15) is 4.79 Å². The smallest absolute Gasteiger partial charge is 0.247 e. The number of hydrogen-bond acceptors (Lipinski definition) is 1. The molecule has 0 unspecified atom stereocenters. The number of amides is 1. The molecule has 14 heavy (non-hydrogen) atoms. The van der Waals surface area contributed by atoms with Gasteiger partial charge in [0.2, 0.25) is 5.91 Å². The Labute approximate surface area is 93.2 Å². The van der Waals surface area contributed by atoms with Crippen molar-refractivity contribution < 1.29 is 21.7 Å². The largest absolute Gasteiger partial charge is 1.00 e. The van der Waals surface area contributed by atoms with Crippen LogP contribution in [0.3, 0.4) is 0 Å². The summed E-state index contributed by atoms with van der Waals surface area (Å²) in [5.41, 5.74) is 0. The van der Waals surface area contributed by atoms with Gasteiger partial charge in [0.1, 0.15) is 0 Å². The standard InChI is InChI=1S/C10H20N2O.ClH/c1-5-7-10(13)11-9-12(3,4)8-6-2;/h5,7H,6,8-9H2,1-4H3;1H. The van der Waals surface area contributed by atoms with Gasteiger partial charge in [0.25, 0.3) is 0 Å². The third kappa shape index (κ3) is 8.08. The maximum atomic E-state index is 11.1. The van der Waals surface area contributed by atoms with Crippen LogP contribution in [0.2, 0.25) is 0 Å². The molecule has 0 fully saturated rings. The van der Waals surface area contributed by atoms with E-state index in [1.165, 1.54) is 0 Å². The van der Waals surface area contributed by atoms with E-state index >= 15 is 0 Å². The van der Waals surface area contributed by atoms with Crippen molar-refractivity contribution in [2.45, 2.75) is 20.3 Å². The van der Waals surface area contributed by atoms with E-state index in [2.05, 4.69) is 26.3 Å². The average Bonchev–Trinajstić information content (AvgIpc) is 2.02. The number of quaternary nitrogens is 1. The third-order valence-electron chi connectivity index (χ3n) is 1.83. The van der Waals surface area contributed by atoms with E-state index in [1.54, 1.807) is 12.2 Å². The van der Waals surface area contributed by atoms with Crippen LogP contribution in [-0.4, -0.2) is 37.7 Å². The first-order valence-corrected chi connectivity index (χ1v) is 4.74. The third-order valence-corrected chi connectivity index (χ3v) is 1.83. The van der Waals surface area contributed by atoms with Gasteiger partial charge in [-0.05, 0) is 19.4 Å². The molecule has 0 aliphatic rings. The van der Waals surface area contributed by atoms with Gasteiger partial charge in [-0.1, -0.05) is 13.0 Å². The fourth-order valence-electron chi connectivity index (χ4n) is 1.19. The fraction of sp³-hybridized carbons (Fsp3) is 0.700. The fourth-order valence-corrected chi connectivity index (χ4v) is 1.19. The number of hydrogen-bond donors (Lipinski definition) is 1. The first kappa shape index (κ1) is 15.9. The molecular formula is C10H21ClN2O. The number of allylic oxidation sites excluding steroid dienone is 1. The van der Waals surface area contributed by atoms with Gasteiger partial charge in [0, 0.05) is 0 Å². The predicted molar refractivity (Wildman–Crippen MR) is 55.1 cm³/mol. The topological polar surface area (TPSA) is 29.1 Å². The number of nitrogens with zero attached hydrogens (tertiary/aromatic N) is 1. The molecular weight excluding hydrogens is 200 g/mol. The van der Waals surface area contributed by atoms with Crippen molar-refractivity contribution in [2.24, 2.45) is 0 Å². The highest BCUT2D eigenvalue weighted by Crippen LogP contribution is 1.95. The summed E-state index contributed by atoms with van der Waals surface area (Å²) in [6.45, 7) is 5.76. The van der Waals surface area contributed by atoms with Crippen LogP contribution in [0.15, 0.2) is 12.2 Å². The van der Waals surface area contributed by atoms with Gasteiger partial charge in [0.15, 0.2) is 6.67 Å². The van der Waals surface area contributed by atoms with E-state index in [4.69, 9.17) is 0 Å². The van der Waals surface area contributed by atoms with Crippen molar-refractivity contribution in [2.75, 3.05) is 27.3 Å². The quantitative estimate of drug-likeness (QED) is 0.328. The van der Waals surface area contributed by atoms with Gasteiger partial charge >= 0.3 is 0 Å². The number of halogens is 1. The second-order valence-corrected chi connectivity index (χ2v) is 3.86. The zero-order valence-corrected chi connectivity index (χ0v) is 10.3. The lowest BCUT2D eigenvalue weighted by atomic mass is 10.4. The molecule has 0 heterocycles. The highest BCUT2D eigenvalue weighted by Gasteiger charge is 2.13. The number of carbonyl (C=O) groups is 1. The summed E-state index contributed by atoms with van der Waals surface area (Å²) in [4.78, 5) is 11.1. The molecule has 0 atom stereocenters. The molecule has 84 valence electrons. The Kier molecular flexibility index (Phi) is 8.89. The minimum absolute atomic E-state index is 0. The summed E-state index contributed by atoms with van der Waals surface area (Å²) >= 11 is 0. The molecule has 0 spiro atoms. The van der Waals surface area contributed by atoms with Gasteiger partial charge < -0.3 is 22.2 Å². The van der Waals surface area contributed by atoms with Crippen molar-refractivity contribution >= 4 is 5.91 Å². The summed E-state index contributed by atoms with van der Waals surface area (Å²) in [5.74, 6) is -0.00944. The van der Waals surface area contributed by atoms with Gasteiger partial charge in [-0.25, -0.2) is 0 Å². The molecule has 1 N–H and O–H groups in total. The molecule has 0 aliphatic heterocycles. The number of carbonyl (C=O) groups excluding carboxylic acids is 1. The van der Waals surface area contributed by atoms with Crippen LogP contribution < -0.4 is 17.7 Å². The lowest BCUT2D eigenvalue weighted by Crippen LogP contribution is -3.00. The van der Waals surface area contributed by atoms with Crippen LogP contribution in [0.25, 0.3) is 0 Å². The van der Waals surface area contributed by atoms with E-state index in [-0.39, 0.29) is 18.3 Å². The average molecular weight is 221 g/mol. The highest BCUT2D eigenvalue weighted by atomic mass is 35.5. The maximum Gasteiger partial charge on any atom is 0.247 e. The van der Waals surface area contributed by atoms with Crippen LogP contribution >= 0.6 is 0 Å². The minimum Gasteiger partial charge on any atom is -1.00 e. The Bertz CT molecular complexity index is 191. The Morgan fingerprint density at radius 3 is 2.43 bits per heavy atom. The van der Waals surface area contributed by atoms with Crippen molar-refractivity contribution in [3.63, 3.8) is 0 Å². The molecule has 0 aromatic carbocycles. The Balaban J connectivity index is 0. The van der Waals surface area contributed by atoms with Crippen molar-refractivity contribution in [1.29, 1.82) is 0 Å². The SMILES string of the molecule is CC=CC(=O)NC[N+](C)(C)CCC.[Cl-]. The molecule has 0 rings (SSSR count). The van der Waals surface area contributed by atoms with Crippen LogP contribution in [0.4, 0.5) is 0 Å². The van der Waals surface area contributed by atoms with E-state index in [0.717, 1.165) is 17.4 Å². The molecule has 3 nitrogen and oxygen atoms in total. The zero-order chi connectivity index (χ0) is 10.3. The van der Waals surface area contributed by atoms with Gasteiger partial charge in [-0.15, -0.1) is 0 Å². The first-order valence-electron chi connectivity index (χ1n) is 4.74. The molecule has 0 saturated carbocycles. The Morgan fingerprint density at radius 1 is 1.43 bits per heavy atom. The summed E-state index contributed by atoms with van der Waals surface area (Å²) < 4.78 is 0.833. The van der Waals surface area contributed by atoms with Crippen LogP contribution in [0.1, 0.15) is 20.3 Å². The predicted octanol–water partition coefficient (Wildman–Crippen LogP) is -1.87. The van der Waals surface area contributed by atoms with Crippen LogP contribution in [0.5, 0.6) is 0 Å².